The second-order valence-corrected chi connectivity index (χ2v) is 6.85. The van der Waals surface area contributed by atoms with E-state index in [0.29, 0.717) is 5.69 Å². The number of benzene rings is 1. The Labute approximate surface area is 118 Å². The van der Waals surface area contributed by atoms with Crippen LogP contribution in [-0.2, 0) is 11.1 Å². The topological polar surface area (TPSA) is 88.2 Å². The van der Waals surface area contributed by atoms with E-state index in [1.165, 1.54) is 4.68 Å². The van der Waals surface area contributed by atoms with E-state index < -0.39 is 7.60 Å². The van der Waals surface area contributed by atoms with Crippen molar-refractivity contribution in [3.05, 3.63) is 34.4 Å². The van der Waals surface area contributed by atoms with Gasteiger partial charge in [-0.3, -0.25) is 9.25 Å². The standard InChI is InChI=1S/C11H13BrN3O3P/c1-8-2-3-9(6-10(8)12)11-7-15(14-13-11)4-5-19(16,17)18/h2-3,6-7H,4-5H2,1H3,(H2,16,17,18). The number of rotatable bonds is 4. The van der Waals surface area contributed by atoms with Gasteiger partial charge < -0.3 is 9.79 Å². The summed E-state index contributed by atoms with van der Waals surface area (Å²) in [4.78, 5) is 17.6. The quantitative estimate of drug-likeness (QED) is 0.829. The van der Waals surface area contributed by atoms with Gasteiger partial charge in [-0.25, -0.2) is 0 Å². The Hall–Kier alpha value is -1.01. The first-order valence-electron chi connectivity index (χ1n) is 5.56. The van der Waals surface area contributed by atoms with E-state index >= 15 is 0 Å². The first-order valence-corrected chi connectivity index (χ1v) is 8.15. The van der Waals surface area contributed by atoms with Crippen molar-refractivity contribution < 1.29 is 14.4 Å². The van der Waals surface area contributed by atoms with Crippen LogP contribution in [0.25, 0.3) is 11.3 Å². The van der Waals surface area contributed by atoms with Crippen LogP contribution >= 0.6 is 23.5 Å². The second kappa shape index (κ2) is 5.54. The molecule has 0 aliphatic rings. The van der Waals surface area contributed by atoms with E-state index in [-0.39, 0.29) is 12.7 Å². The second-order valence-electron chi connectivity index (χ2n) is 4.22. The maximum absolute atomic E-state index is 10.8. The van der Waals surface area contributed by atoms with Crippen LogP contribution in [0.5, 0.6) is 0 Å². The summed E-state index contributed by atoms with van der Waals surface area (Å²) in [6.45, 7) is 2.13. The fraction of sp³-hybridized carbons (Fsp3) is 0.273. The Morgan fingerprint density at radius 3 is 2.79 bits per heavy atom. The molecule has 2 aromatic rings. The lowest BCUT2D eigenvalue weighted by Crippen LogP contribution is -2.03. The summed E-state index contributed by atoms with van der Waals surface area (Å²) in [5, 5.41) is 7.85. The molecule has 0 fully saturated rings. The third-order valence-electron chi connectivity index (χ3n) is 2.63. The largest absolute Gasteiger partial charge is 0.327 e. The van der Waals surface area contributed by atoms with Crippen LogP contribution in [0.3, 0.4) is 0 Å². The van der Waals surface area contributed by atoms with Gasteiger partial charge in [0.05, 0.1) is 18.9 Å². The molecule has 0 spiro atoms. The van der Waals surface area contributed by atoms with Crippen LogP contribution in [0, 0.1) is 6.92 Å². The van der Waals surface area contributed by atoms with Crippen LogP contribution < -0.4 is 0 Å². The van der Waals surface area contributed by atoms with E-state index in [0.717, 1.165) is 15.6 Å². The highest BCUT2D eigenvalue weighted by atomic mass is 79.9. The summed E-state index contributed by atoms with van der Waals surface area (Å²) in [5.74, 6) is 0. The van der Waals surface area contributed by atoms with E-state index in [1.54, 1.807) is 6.20 Å². The summed E-state index contributed by atoms with van der Waals surface area (Å²) in [6.07, 6.45) is 1.43. The smallest absolute Gasteiger partial charge is 0.324 e. The molecular formula is C11H13BrN3O3P. The molecule has 102 valence electrons. The Kier molecular flexibility index (Phi) is 4.20. The van der Waals surface area contributed by atoms with Crippen LogP contribution in [0.2, 0.25) is 0 Å². The fourth-order valence-corrected chi connectivity index (χ4v) is 2.37. The lowest BCUT2D eigenvalue weighted by atomic mass is 10.1. The summed E-state index contributed by atoms with van der Waals surface area (Å²) in [6, 6.07) is 5.83. The molecule has 6 nitrogen and oxygen atoms in total. The Bertz CT molecular complexity index is 638. The predicted octanol–water partition coefficient (Wildman–Crippen LogP) is 2.19. The normalized spacial score (nSPS) is 11.8. The molecule has 1 heterocycles. The highest BCUT2D eigenvalue weighted by molar-refractivity contribution is 9.10. The van der Waals surface area contributed by atoms with Crippen molar-refractivity contribution >= 4 is 23.5 Å². The van der Waals surface area contributed by atoms with Crippen LogP contribution in [0.4, 0.5) is 0 Å². The first-order chi connectivity index (χ1) is 8.85. The van der Waals surface area contributed by atoms with Crippen molar-refractivity contribution in [1.29, 1.82) is 0 Å². The number of hydrogen-bond acceptors (Lipinski definition) is 3. The van der Waals surface area contributed by atoms with Crippen molar-refractivity contribution in [2.75, 3.05) is 6.16 Å². The predicted molar refractivity (Wildman–Crippen MR) is 74.8 cm³/mol. The molecule has 19 heavy (non-hydrogen) atoms. The molecule has 2 rings (SSSR count). The molecule has 8 heteroatoms. The molecule has 0 saturated carbocycles. The number of hydrogen-bond donors (Lipinski definition) is 2. The summed E-state index contributed by atoms with van der Waals surface area (Å²) in [7, 11) is -4.00. The highest BCUT2D eigenvalue weighted by Gasteiger charge is 2.13. The van der Waals surface area contributed by atoms with Gasteiger partial charge in [-0.2, -0.15) is 0 Å². The molecule has 0 saturated heterocycles. The van der Waals surface area contributed by atoms with Crippen LogP contribution in [-0.4, -0.2) is 30.9 Å². The van der Waals surface area contributed by atoms with Crippen molar-refractivity contribution in [1.82, 2.24) is 15.0 Å². The Morgan fingerprint density at radius 2 is 2.16 bits per heavy atom. The van der Waals surface area contributed by atoms with Gasteiger partial charge in [0, 0.05) is 10.0 Å². The van der Waals surface area contributed by atoms with Gasteiger partial charge in [0.25, 0.3) is 0 Å². The highest BCUT2D eigenvalue weighted by Crippen LogP contribution is 2.34. The third kappa shape index (κ3) is 3.98. The zero-order valence-electron chi connectivity index (χ0n) is 10.2. The summed E-state index contributed by atoms with van der Waals surface area (Å²) >= 11 is 3.45. The Balaban J connectivity index is 2.16. The number of halogens is 1. The fourth-order valence-electron chi connectivity index (χ4n) is 1.52. The van der Waals surface area contributed by atoms with Crippen molar-refractivity contribution in [2.24, 2.45) is 0 Å². The summed E-state index contributed by atoms with van der Waals surface area (Å²) in [5.41, 5.74) is 2.70. The van der Waals surface area contributed by atoms with E-state index in [4.69, 9.17) is 9.79 Å². The van der Waals surface area contributed by atoms with E-state index in [2.05, 4.69) is 26.2 Å². The Morgan fingerprint density at radius 1 is 1.42 bits per heavy atom. The van der Waals surface area contributed by atoms with Gasteiger partial charge in [-0.05, 0) is 18.6 Å². The molecule has 0 aliphatic heterocycles. The molecular weight excluding hydrogens is 333 g/mol. The third-order valence-corrected chi connectivity index (χ3v) is 4.26. The monoisotopic (exact) mass is 345 g/mol. The van der Waals surface area contributed by atoms with E-state index in [9.17, 15) is 4.57 Å². The van der Waals surface area contributed by atoms with Gasteiger partial charge in [0.2, 0.25) is 0 Å². The van der Waals surface area contributed by atoms with Gasteiger partial charge in [0.15, 0.2) is 0 Å². The molecule has 1 aromatic heterocycles. The SMILES string of the molecule is Cc1ccc(-c2cn(CCP(=O)(O)O)nn2)cc1Br. The summed E-state index contributed by atoms with van der Waals surface area (Å²) < 4.78 is 13.2. The number of nitrogens with zero attached hydrogens (tertiary/aromatic N) is 3. The van der Waals surface area contributed by atoms with Crippen LogP contribution in [0.1, 0.15) is 5.56 Å². The molecule has 0 atom stereocenters. The number of aromatic nitrogens is 3. The zero-order valence-corrected chi connectivity index (χ0v) is 12.7. The molecule has 0 unspecified atom stereocenters. The van der Waals surface area contributed by atoms with Gasteiger partial charge in [-0.15, -0.1) is 5.10 Å². The minimum Gasteiger partial charge on any atom is -0.324 e. The molecule has 0 amide bonds. The minimum atomic E-state index is -4.00. The molecule has 0 aliphatic carbocycles. The maximum Gasteiger partial charge on any atom is 0.327 e. The van der Waals surface area contributed by atoms with Gasteiger partial charge >= 0.3 is 7.60 Å². The molecule has 2 N–H and O–H groups in total. The zero-order chi connectivity index (χ0) is 14.0. The molecule has 1 aromatic carbocycles. The maximum atomic E-state index is 10.8. The average Bonchev–Trinajstić information content (AvgIpc) is 2.78. The van der Waals surface area contributed by atoms with Crippen LogP contribution in [0.15, 0.2) is 28.9 Å². The minimum absolute atomic E-state index is 0.143. The van der Waals surface area contributed by atoms with Gasteiger partial charge in [0.1, 0.15) is 5.69 Å². The average molecular weight is 346 g/mol. The van der Waals surface area contributed by atoms with Crippen molar-refractivity contribution in [3.8, 4) is 11.3 Å². The molecule has 0 bridgehead atoms. The van der Waals surface area contributed by atoms with E-state index in [1.807, 2.05) is 25.1 Å². The molecule has 0 radical (unpaired) electrons. The van der Waals surface area contributed by atoms with Gasteiger partial charge in [-0.1, -0.05) is 33.3 Å². The lowest BCUT2D eigenvalue weighted by Gasteiger charge is -2.02. The lowest BCUT2D eigenvalue weighted by molar-refractivity contribution is 0.368. The van der Waals surface area contributed by atoms with Crippen molar-refractivity contribution in [2.45, 2.75) is 13.5 Å². The first kappa shape index (κ1) is 14.4. The number of aryl methyl sites for hydroxylation is 2. The van der Waals surface area contributed by atoms with Crippen molar-refractivity contribution in [3.63, 3.8) is 0 Å².